The Labute approximate surface area is 174 Å². The molecule has 1 fully saturated rings. The van der Waals surface area contributed by atoms with Crippen molar-refractivity contribution in [2.75, 3.05) is 11.4 Å². The number of halogens is 4. The molecular formula is C21H14F4N4O2. The molecule has 2 aromatic carbocycles. The molecule has 2 aromatic rings. The van der Waals surface area contributed by atoms with Crippen LogP contribution in [-0.4, -0.2) is 24.7 Å². The van der Waals surface area contributed by atoms with Crippen molar-refractivity contribution in [1.29, 1.82) is 10.5 Å². The van der Waals surface area contributed by atoms with Crippen molar-refractivity contribution in [2.24, 2.45) is 0 Å². The Morgan fingerprint density at radius 3 is 2.55 bits per heavy atom. The Balaban J connectivity index is 1.93. The molecule has 2 aliphatic rings. The Morgan fingerprint density at radius 1 is 1.16 bits per heavy atom. The van der Waals surface area contributed by atoms with Gasteiger partial charge in [-0.05, 0) is 18.9 Å². The molecule has 0 spiro atoms. The maximum absolute atomic E-state index is 14.5. The number of benzene rings is 2. The van der Waals surface area contributed by atoms with Gasteiger partial charge in [0, 0.05) is 18.2 Å². The van der Waals surface area contributed by atoms with Crippen LogP contribution >= 0.6 is 0 Å². The third kappa shape index (κ3) is 3.40. The number of hydrogen-bond acceptors (Lipinski definition) is 5. The van der Waals surface area contributed by atoms with Crippen molar-refractivity contribution < 1.29 is 27.1 Å². The van der Waals surface area contributed by atoms with Gasteiger partial charge in [-0.1, -0.05) is 18.2 Å². The second-order valence-electron chi connectivity index (χ2n) is 7.18. The van der Waals surface area contributed by atoms with E-state index in [-0.39, 0.29) is 29.2 Å². The fourth-order valence-electron chi connectivity index (χ4n) is 4.17. The topological polar surface area (TPSA) is 89.2 Å². The molecule has 0 aliphatic carbocycles. The molecule has 0 unspecified atom stereocenters. The lowest BCUT2D eigenvalue weighted by Crippen LogP contribution is -2.53. The summed E-state index contributed by atoms with van der Waals surface area (Å²) in [5.41, 5.74) is -0.143. The number of carbonyl (C=O) groups is 1. The summed E-state index contributed by atoms with van der Waals surface area (Å²) in [5, 5.41) is 21.1. The predicted octanol–water partition coefficient (Wildman–Crippen LogP) is 4.06. The molecule has 0 aromatic heterocycles. The number of amides is 1. The van der Waals surface area contributed by atoms with Gasteiger partial charge >= 0.3 is 12.1 Å². The van der Waals surface area contributed by atoms with Crippen molar-refractivity contribution in [3.8, 4) is 23.6 Å². The van der Waals surface area contributed by atoms with Crippen molar-refractivity contribution >= 4 is 11.6 Å². The minimum atomic E-state index is -5.06. The van der Waals surface area contributed by atoms with Crippen molar-refractivity contribution in [3.05, 3.63) is 52.8 Å². The Kier molecular flexibility index (Phi) is 4.94. The van der Waals surface area contributed by atoms with Gasteiger partial charge in [-0.25, -0.2) is 4.39 Å². The van der Waals surface area contributed by atoms with E-state index in [0.29, 0.717) is 18.5 Å². The summed E-state index contributed by atoms with van der Waals surface area (Å²) in [4.78, 5) is 13.3. The number of nitriles is 2. The van der Waals surface area contributed by atoms with Gasteiger partial charge in [0.05, 0.1) is 17.6 Å². The Bertz CT molecular complexity index is 1150. The van der Waals surface area contributed by atoms with Crippen molar-refractivity contribution in [3.63, 3.8) is 0 Å². The van der Waals surface area contributed by atoms with Gasteiger partial charge in [0.2, 0.25) is 0 Å². The predicted molar refractivity (Wildman–Crippen MR) is 99.7 cm³/mol. The fraction of sp³-hybridized carbons (Fsp3) is 0.286. The molecule has 2 aliphatic heterocycles. The van der Waals surface area contributed by atoms with Crippen LogP contribution in [0.2, 0.25) is 0 Å². The lowest BCUT2D eigenvalue weighted by atomic mass is 9.88. The van der Waals surface area contributed by atoms with E-state index in [4.69, 9.17) is 4.74 Å². The lowest BCUT2D eigenvalue weighted by Gasteiger charge is -2.42. The number of hydrogen-bond donors (Lipinski definition) is 1. The zero-order chi connectivity index (χ0) is 22.3. The van der Waals surface area contributed by atoms with Crippen LogP contribution in [0, 0.1) is 28.5 Å². The number of fused-ring (bicyclic) bond motifs is 5. The summed E-state index contributed by atoms with van der Waals surface area (Å²) in [5.74, 6) is -2.77. The second kappa shape index (κ2) is 7.47. The number of piperidine rings is 1. The Hall–Kier alpha value is -3.79. The van der Waals surface area contributed by atoms with E-state index >= 15 is 0 Å². The number of anilines is 1. The molecule has 31 heavy (non-hydrogen) atoms. The molecule has 10 heteroatoms. The summed E-state index contributed by atoms with van der Waals surface area (Å²) < 4.78 is 59.1. The van der Waals surface area contributed by atoms with E-state index in [9.17, 15) is 32.9 Å². The van der Waals surface area contributed by atoms with Crippen LogP contribution in [0.4, 0.5) is 23.2 Å². The first-order chi connectivity index (χ1) is 14.8. The average molecular weight is 430 g/mol. The minimum Gasteiger partial charge on any atom is -0.455 e. The first-order valence-electron chi connectivity index (χ1n) is 9.34. The van der Waals surface area contributed by atoms with Gasteiger partial charge < -0.3 is 15.0 Å². The van der Waals surface area contributed by atoms with Crippen LogP contribution in [0.5, 0.6) is 11.5 Å². The average Bonchev–Trinajstić information content (AvgIpc) is 2.86. The lowest BCUT2D eigenvalue weighted by molar-refractivity contribution is -0.174. The van der Waals surface area contributed by atoms with E-state index < -0.39 is 35.5 Å². The molecule has 2 heterocycles. The third-order valence-electron chi connectivity index (χ3n) is 5.39. The van der Waals surface area contributed by atoms with Crippen LogP contribution in [0.3, 0.4) is 0 Å². The van der Waals surface area contributed by atoms with E-state index in [1.54, 1.807) is 35.2 Å². The van der Waals surface area contributed by atoms with Gasteiger partial charge in [0.1, 0.15) is 35.0 Å². The molecule has 1 amide bonds. The van der Waals surface area contributed by atoms with Gasteiger partial charge in [0.25, 0.3) is 0 Å². The van der Waals surface area contributed by atoms with Crippen LogP contribution in [0.1, 0.15) is 35.6 Å². The molecular weight excluding hydrogens is 416 g/mol. The quantitative estimate of drug-likeness (QED) is 0.690. The number of alkyl halides is 3. The first-order valence-corrected chi connectivity index (χ1v) is 9.34. The summed E-state index contributed by atoms with van der Waals surface area (Å²) in [7, 11) is 0. The summed E-state index contributed by atoms with van der Waals surface area (Å²) >= 11 is 0. The number of nitrogens with one attached hydrogen (secondary N) is 1. The summed E-state index contributed by atoms with van der Waals surface area (Å²) in [6.45, 7) is 0.304. The van der Waals surface area contributed by atoms with Crippen LogP contribution < -0.4 is 15.0 Å². The molecule has 1 saturated heterocycles. The monoisotopic (exact) mass is 430 g/mol. The molecule has 4 rings (SSSR count). The molecule has 0 saturated carbocycles. The van der Waals surface area contributed by atoms with E-state index in [2.05, 4.69) is 5.32 Å². The number of para-hydroxylation sites is 1. The maximum Gasteiger partial charge on any atom is 0.471 e. The van der Waals surface area contributed by atoms with E-state index in [1.807, 2.05) is 6.07 Å². The third-order valence-corrected chi connectivity index (χ3v) is 5.39. The zero-order valence-electron chi connectivity index (χ0n) is 15.8. The van der Waals surface area contributed by atoms with E-state index in [0.717, 1.165) is 6.07 Å². The minimum absolute atomic E-state index is 0.0224. The van der Waals surface area contributed by atoms with Gasteiger partial charge in [-0.15, -0.1) is 0 Å². The van der Waals surface area contributed by atoms with Gasteiger partial charge in [-0.3, -0.25) is 4.79 Å². The number of nitrogens with zero attached hydrogens (tertiary/aromatic N) is 3. The number of ether oxygens (including phenoxy) is 1. The Morgan fingerprint density at radius 2 is 1.87 bits per heavy atom. The van der Waals surface area contributed by atoms with Crippen LogP contribution in [-0.2, 0) is 4.79 Å². The zero-order valence-corrected chi connectivity index (χ0v) is 15.8. The van der Waals surface area contributed by atoms with E-state index in [1.165, 1.54) is 0 Å². The maximum atomic E-state index is 14.5. The highest BCUT2D eigenvalue weighted by atomic mass is 19.4. The number of carbonyl (C=O) groups excluding carboxylic acids is 1. The number of rotatable bonds is 1. The highest BCUT2D eigenvalue weighted by molar-refractivity contribution is 5.82. The normalized spacial score (nSPS) is 19.5. The molecule has 0 radical (unpaired) electrons. The largest absolute Gasteiger partial charge is 0.471 e. The molecule has 2 atom stereocenters. The highest BCUT2D eigenvalue weighted by Crippen LogP contribution is 2.50. The van der Waals surface area contributed by atoms with Crippen LogP contribution in [0.25, 0.3) is 0 Å². The highest BCUT2D eigenvalue weighted by Gasteiger charge is 2.45. The molecule has 0 bridgehead atoms. The molecule has 1 N–H and O–H groups in total. The SMILES string of the molecule is N#Cc1c(F)cc2c(c1C#N)N1CCC[C@@H](NC(=O)C(F)(F)F)[C@H]1c1ccccc1O2. The summed E-state index contributed by atoms with van der Waals surface area (Å²) in [6, 6.07) is 9.24. The van der Waals surface area contributed by atoms with Gasteiger partial charge in [0.15, 0.2) is 5.75 Å². The second-order valence-corrected chi connectivity index (χ2v) is 7.18. The standard InChI is InChI=1S/C21H14F4N4O2/c22-14-8-17-19(13(10-27)12(14)9-26)29-7-3-5-15(28-20(30)21(23,24)25)18(29)11-4-1-2-6-16(11)31-17/h1-2,4,6,8,15,18H,3,5,7H2,(H,28,30)/t15-,18-/m1/s1. The first kappa shape index (κ1) is 20.5. The smallest absolute Gasteiger partial charge is 0.455 e. The molecule has 6 nitrogen and oxygen atoms in total. The molecule has 158 valence electrons. The van der Waals surface area contributed by atoms with Crippen molar-refractivity contribution in [1.82, 2.24) is 5.32 Å². The van der Waals surface area contributed by atoms with Crippen molar-refractivity contribution in [2.45, 2.75) is 31.1 Å². The van der Waals surface area contributed by atoms with Crippen LogP contribution in [0.15, 0.2) is 30.3 Å². The van der Waals surface area contributed by atoms with Gasteiger partial charge in [-0.2, -0.15) is 23.7 Å². The summed E-state index contributed by atoms with van der Waals surface area (Å²) in [6.07, 6.45) is -4.41. The fourth-order valence-corrected chi connectivity index (χ4v) is 4.17.